The zero-order valence-electron chi connectivity index (χ0n) is 14.1. The summed E-state index contributed by atoms with van der Waals surface area (Å²) < 4.78 is 21.7. The molecule has 25 heavy (non-hydrogen) atoms. The molecular formula is C19H16N2O4. The first kappa shape index (κ1) is 15.3. The molecule has 6 nitrogen and oxygen atoms in total. The largest absolute Gasteiger partial charge is 0.497 e. The van der Waals surface area contributed by atoms with Crippen molar-refractivity contribution in [2.45, 2.75) is 6.92 Å². The lowest BCUT2D eigenvalue weighted by atomic mass is 10.1. The van der Waals surface area contributed by atoms with Gasteiger partial charge in [-0.15, -0.1) is 0 Å². The Morgan fingerprint density at radius 1 is 0.920 bits per heavy atom. The molecule has 4 rings (SSSR count). The van der Waals surface area contributed by atoms with Crippen LogP contribution in [0.25, 0.3) is 34.0 Å². The fourth-order valence-corrected chi connectivity index (χ4v) is 2.71. The molecule has 4 aromatic rings. The van der Waals surface area contributed by atoms with E-state index in [1.807, 2.05) is 49.4 Å². The molecule has 0 saturated carbocycles. The number of furan rings is 1. The van der Waals surface area contributed by atoms with E-state index >= 15 is 0 Å². The third-order valence-corrected chi connectivity index (χ3v) is 4.11. The Labute approximate surface area is 144 Å². The summed E-state index contributed by atoms with van der Waals surface area (Å²) in [6.07, 6.45) is 0. The van der Waals surface area contributed by atoms with Crippen molar-refractivity contribution in [1.82, 2.24) is 10.1 Å². The van der Waals surface area contributed by atoms with Gasteiger partial charge in [0.15, 0.2) is 5.76 Å². The van der Waals surface area contributed by atoms with E-state index in [2.05, 4.69) is 10.1 Å². The maximum Gasteiger partial charge on any atom is 0.258 e. The van der Waals surface area contributed by atoms with Gasteiger partial charge in [0.05, 0.1) is 14.2 Å². The van der Waals surface area contributed by atoms with Gasteiger partial charge in [-0.2, -0.15) is 4.98 Å². The molecule has 0 fully saturated rings. The second kappa shape index (κ2) is 5.98. The van der Waals surface area contributed by atoms with Gasteiger partial charge >= 0.3 is 0 Å². The molecule has 2 aromatic carbocycles. The second-order valence-electron chi connectivity index (χ2n) is 5.57. The second-order valence-corrected chi connectivity index (χ2v) is 5.57. The molecule has 0 radical (unpaired) electrons. The zero-order chi connectivity index (χ0) is 17.4. The molecule has 0 bridgehead atoms. The van der Waals surface area contributed by atoms with E-state index in [-0.39, 0.29) is 0 Å². The van der Waals surface area contributed by atoms with Crippen LogP contribution in [0.3, 0.4) is 0 Å². The van der Waals surface area contributed by atoms with Crippen LogP contribution in [0.5, 0.6) is 11.5 Å². The molecule has 0 aliphatic rings. The molecule has 0 amide bonds. The van der Waals surface area contributed by atoms with Crippen molar-refractivity contribution < 1.29 is 18.4 Å². The number of ether oxygens (including phenoxy) is 2. The van der Waals surface area contributed by atoms with Crippen LogP contribution in [0, 0.1) is 6.92 Å². The zero-order valence-corrected chi connectivity index (χ0v) is 14.1. The van der Waals surface area contributed by atoms with Crippen molar-refractivity contribution >= 4 is 11.0 Å². The third-order valence-electron chi connectivity index (χ3n) is 4.11. The number of rotatable bonds is 4. The minimum Gasteiger partial charge on any atom is -0.497 e. The Kier molecular flexibility index (Phi) is 3.65. The molecule has 0 atom stereocenters. The SMILES string of the molecule is COc1ccc(-c2nc(-c3oc4ccc(OC)cc4c3C)no2)cc1. The van der Waals surface area contributed by atoms with Crippen molar-refractivity contribution in [3.8, 4) is 34.5 Å². The average Bonchev–Trinajstić information content (AvgIpc) is 3.26. The van der Waals surface area contributed by atoms with Crippen LogP contribution in [-0.4, -0.2) is 24.4 Å². The number of hydrogen-bond donors (Lipinski definition) is 0. The minimum atomic E-state index is 0.415. The van der Waals surface area contributed by atoms with Gasteiger partial charge in [-0.1, -0.05) is 5.16 Å². The molecule has 0 unspecified atom stereocenters. The lowest BCUT2D eigenvalue weighted by molar-refractivity contribution is 0.414. The lowest BCUT2D eigenvalue weighted by Gasteiger charge is -1.98. The Morgan fingerprint density at radius 2 is 1.64 bits per heavy atom. The van der Waals surface area contributed by atoms with Gasteiger partial charge in [0, 0.05) is 16.5 Å². The molecule has 126 valence electrons. The maximum absolute atomic E-state index is 5.91. The van der Waals surface area contributed by atoms with Gasteiger partial charge in [0.25, 0.3) is 5.89 Å². The molecule has 0 N–H and O–H groups in total. The monoisotopic (exact) mass is 336 g/mol. The highest BCUT2D eigenvalue weighted by atomic mass is 16.5. The van der Waals surface area contributed by atoms with Crippen LogP contribution >= 0.6 is 0 Å². The van der Waals surface area contributed by atoms with Crippen LogP contribution in [-0.2, 0) is 0 Å². The van der Waals surface area contributed by atoms with E-state index in [9.17, 15) is 0 Å². The van der Waals surface area contributed by atoms with Gasteiger partial charge in [-0.25, -0.2) is 0 Å². The van der Waals surface area contributed by atoms with Crippen molar-refractivity contribution in [1.29, 1.82) is 0 Å². The van der Waals surface area contributed by atoms with Gasteiger partial charge in [-0.3, -0.25) is 0 Å². The molecule has 0 aliphatic carbocycles. The van der Waals surface area contributed by atoms with Crippen LogP contribution in [0.4, 0.5) is 0 Å². The Hall–Kier alpha value is -3.28. The molecule has 2 heterocycles. The Morgan fingerprint density at radius 3 is 2.36 bits per heavy atom. The van der Waals surface area contributed by atoms with Crippen LogP contribution < -0.4 is 9.47 Å². The van der Waals surface area contributed by atoms with E-state index in [0.717, 1.165) is 33.6 Å². The van der Waals surface area contributed by atoms with Crippen LogP contribution in [0.1, 0.15) is 5.56 Å². The number of aryl methyl sites for hydroxylation is 1. The summed E-state index contributed by atoms with van der Waals surface area (Å²) in [5.74, 6) is 2.97. The number of benzene rings is 2. The molecule has 0 aliphatic heterocycles. The smallest absolute Gasteiger partial charge is 0.258 e. The molecule has 0 spiro atoms. The number of hydrogen-bond acceptors (Lipinski definition) is 6. The average molecular weight is 336 g/mol. The Bertz CT molecular complexity index is 1030. The minimum absolute atomic E-state index is 0.415. The highest BCUT2D eigenvalue weighted by Crippen LogP contribution is 2.34. The summed E-state index contributed by atoms with van der Waals surface area (Å²) in [7, 11) is 3.26. The van der Waals surface area contributed by atoms with Crippen molar-refractivity contribution in [2.24, 2.45) is 0 Å². The highest BCUT2D eigenvalue weighted by Gasteiger charge is 2.19. The van der Waals surface area contributed by atoms with Gasteiger partial charge in [0.1, 0.15) is 17.1 Å². The molecule has 0 saturated heterocycles. The molecular weight excluding hydrogens is 320 g/mol. The normalized spacial score (nSPS) is 11.0. The fraction of sp³-hybridized carbons (Fsp3) is 0.158. The maximum atomic E-state index is 5.91. The predicted molar refractivity (Wildman–Crippen MR) is 92.8 cm³/mol. The summed E-state index contributed by atoms with van der Waals surface area (Å²) in [4.78, 5) is 4.46. The summed E-state index contributed by atoms with van der Waals surface area (Å²) in [6, 6.07) is 13.1. The number of methoxy groups -OCH3 is 2. The van der Waals surface area contributed by atoms with E-state index in [4.69, 9.17) is 18.4 Å². The quantitative estimate of drug-likeness (QED) is 0.547. The van der Waals surface area contributed by atoms with Gasteiger partial charge in [-0.05, 0) is 49.4 Å². The summed E-state index contributed by atoms with van der Waals surface area (Å²) in [5.41, 5.74) is 2.51. The van der Waals surface area contributed by atoms with Crippen molar-refractivity contribution in [3.05, 3.63) is 48.0 Å². The number of aromatic nitrogens is 2. The van der Waals surface area contributed by atoms with Crippen LogP contribution in [0.2, 0.25) is 0 Å². The summed E-state index contributed by atoms with van der Waals surface area (Å²) >= 11 is 0. The topological polar surface area (TPSA) is 70.5 Å². The van der Waals surface area contributed by atoms with Crippen molar-refractivity contribution in [2.75, 3.05) is 14.2 Å². The number of fused-ring (bicyclic) bond motifs is 1. The highest BCUT2D eigenvalue weighted by molar-refractivity contribution is 5.87. The molecule has 6 heteroatoms. The van der Waals surface area contributed by atoms with Crippen LogP contribution in [0.15, 0.2) is 51.4 Å². The van der Waals surface area contributed by atoms with Gasteiger partial charge in [0.2, 0.25) is 5.82 Å². The summed E-state index contributed by atoms with van der Waals surface area (Å²) in [5, 5.41) is 5.02. The fourth-order valence-electron chi connectivity index (χ4n) is 2.71. The van der Waals surface area contributed by atoms with E-state index in [0.29, 0.717) is 17.5 Å². The van der Waals surface area contributed by atoms with Crippen molar-refractivity contribution in [3.63, 3.8) is 0 Å². The van der Waals surface area contributed by atoms with E-state index < -0.39 is 0 Å². The predicted octanol–water partition coefficient (Wildman–Crippen LogP) is 4.48. The van der Waals surface area contributed by atoms with Gasteiger partial charge < -0.3 is 18.4 Å². The Balaban J connectivity index is 1.74. The van der Waals surface area contributed by atoms with E-state index in [1.165, 1.54) is 0 Å². The van der Waals surface area contributed by atoms with E-state index in [1.54, 1.807) is 14.2 Å². The first-order valence-electron chi connectivity index (χ1n) is 7.75. The number of nitrogens with zero attached hydrogens (tertiary/aromatic N) is 2. The molecule has 2 aromatic heterocycles. The summed E-state index contributed by atoms with van der Waals surface area (Å²) in [6.45, 7) is 1.96. The first-order chi connectivity index (χ1) is 12.2. The first-order valence-corrected chi connectivity index (χ1v) is 7.75. The third kappa shape index (κ3) is 2.61. The lowest BCUT2D eigenvalue weighted by Crippen LogP contribution is -1.84. The standard InChI is InChI=1S/C19H16N2O4/c1-11-15-10-14(23-3)8-9-16(15)24-17(11)18-20-19(25-21-18)12-4-6-13(22-2)7-5-12/h4-10H,1-3H3.